The monoisotopic (exact) mass is 875 g/mol. The van der Waals surface area contributed by atoms with Crippen molar-refractivity contribution >= 4 is 29.7 Å². The van der Waals surface area contributed by atoms with E-state index in [1.165, 1.54) is 68.8 Å². The Morgan fingerprint density at radius 3 is 2.27 bits per heavy atom. The Morgan fingerprint density at radius 1 is 0.922 bits per heavy atom. The van der Waals surface area contributed by atoms with Crippen LogP contribution in [0.3, 0.4) is 0 Å². The molecule has 0 radical (unpaired) electrons. The fraction of sp³-hybridized carbons (Fsp3) is 0.600. The zero-order valence-corrected chi connectivity index (χ0v) is 40.9. The summed E-state index contributed by atoms with van der Waals surface area (Å²) in [7, 11) is 1.35. The lowest BCUT2D eigenvalue weighted by atomic mass is 9.82. The molecule has 2 aromatic heterocycles. The molecule has 1 fully saturated rings. The van der Waals surface area contributed by atoms with Gasteiger partial charge in [0.1, 0.15) is 12.7 Å². The van der Waals surface area contributed by atoms with Crippen LogP contribution in [-0.2, 0) is 25.5 Å². The minimum absolute atomic E-state index is 0.0415. The normalized spacial score (nSPS) is 25.4. The molecule has 3 aliphatic heterocycles. The van der Waals surface area contributed by atoms with Crippen LogP contribution >= 0.6 is 0 Å². The van der Waals surface area contributed by atoms with E-state index in [0.717, 1.165) is 75.9 Å². The van der Waals surface area contributed by atoms with Gasteiger partial charge in [0.25, 0.3) is 0 Å². The average molecular weight is 875 g/mol. The molecule has 64 heavy (non-hydrogen) atoms. The third kappa shape index (κ3) is 10.7. The maximum atomic E-state index is 13.7. The van der Waals surface area contributed by atoms with Crippen LogP contribution in [0.2, 0.25) is 0 Å². The standard InChI is InChI=1S/C55H78N4O5/c1-13-39-35(8)42-28-44-37(10)41(24-25-48(60)64-27-26-34(7)23-17-22-33(6)21-16-20-32(5)19-15-18-31(3)4)52(58-44)50-51(55(62)63-12)54(61)49-38(11)45(59-53(49)50)30-47-40(14-2)36(9)43(57-47)29-46(39)56-42/h1,26,28-33,37,39,41,46,52,54,56-59,61H,14-25,27H2,2-12H3/b34-26+,43-29-,44-28-,47-30-/t32-,33+,37+,39+,41+,46?,52?,54+/m1/s1. The van der Waals surface area contributed by atoms with E-state index in [0.29, 0.717) is 23.3 Å². The van der Waals surface area contributed by atoms with Gasteiger partial charge in [-0.25, -0.2) is 4.79 Å². The van der Waals surface area contributed by atoms with Gasteiger partial charge in [0.2, 0.25) is 0 Å². The summed E-state index contributed by atoms with van der Waals surface area (Å²) in [6.45, 7) is 22.4. The first-order chi connectivity index (χ1) is 30.6. The van der Waals surface area contributed by atoms with Crippen LogP contribution in [0.1, 0.15) is 166 Å². The van der Waals surface area contributed by atoms with Crippen molar-refractivity contribution in [1.29, 1.82) is 0 Å². The smallest absolute Gasteiger partial charge is 0.337 e. The van der Waals surface area contributed by atoms with Crippen molar-refractivity contribution in [2.45, 2.75) is 164 Å². The molecular formula is C55H78N4O5. The largest absolute Gasteiger partial charge is 0.466 e. The molecule has 8 atom stereocenters. The van der Waals surface area contributed by atoms with Crippen LogP contribution in [0.15, 0.2) is 40.3 Å². The number of terminal acetylenes is 1. The van der Waals surface area contributed by atoms with Crippen LogP contribution in [0.5, 0.6) is 0 Å². The molecule has 0 spiro atoms. The van der Waals surface area contributed by atoms with Gasteiger partial charge >= 0.3 is 11.9 Å². The quantitative estimate of drug-likeness (QED) is 0.0541. The van der Waals surface area contributed by atoms with Crippen LogP contribution in [-0.4, -0.2) is 52.8 Å². The second-order valence-corrected chi connectivity index (χ2v) is 20.1. The lowest BCUT2D eigenvalue weighted by molar-refractivity contribution is -0.143. The van der Waals surface area contributed by atoms with Gasteiger partial charge in [-0.15, -0.1) is 6.42 Å². The van der Waals surface area contributed by atoms with E-state index >= 15 is 0 Å². The van der Waals surface area contributed by atoms with Crippen molar-refractivity contribution < 1.29 is 24.2 Å². The number of allylic oxidation sites excluding steroid dienone is 3. The summed E-state index contributed by atoms with van der Waals surface area (Å²) >= 11 is 0. The Balaban J connectivity index is 1.19. The summed E-state index contributed by atoms with van der Waals surface area (Å²) in [4.78, 5) is 34.4. The number of fused-ring (bicyclic) bond motifs is 8. The van der Waals surface area contributed by atoms with Crippen LogP contribution < -0.4 is 21.3 Å². The highest BCUT2D eigenvalue weighted by Crippen LogP contribution is 2.50. The Labute approximate surface area is 383 Å². The Morgan fingerprint density at radius 2 is 1.61 bits per heavy atom. The first kappa shape index (κ1) is 48.8. The maximum absolute atomic E-state index is 13.7. The number of ether oxygens (including phenoxy) is 2. The number of aliphatic hydroxyl groups is 1. The number of aliphatic hydroxyl groups excluding tert-OH is 1. The van der Waals surface area contributed by atoms with E-state index in [-0.39, 0.29) is 48.4 Å². The van der Waals surface area contributed by atoms with E-state index in [2.05, 4.69) is 113 Å². The number of H-pyrrole nitrogens is 2. The van der Waals surface area contributed by atoms with Gasteiger partial charge in [-0.1, -0.05) is 98.0 Å². The van der Waals surface area contributed by atoms with Crippen LogP contribution in [0.4, 0.5) is 0 Å². The summed E-state index contributed by atoms with van der Waals surface area (Å²) in [5, 5.41) is 21.5. The molecular weight excluding hydrogens is 797 g/mol. The summed E-state index contributed by atoms with van der Waals surface area (Å²) < 4.78 is 11.2. The van der Waals surface area contributed by atoms with Gasteiger partial charge in [-0.05, 0) is 124 Å². The highest BCUT2D eigenvalue weighted by molar-refractivity contribution is 6.03. The van der Waals surface area contributed by atoms with Gasteiger partial charge in [-0.2, -0.15) is 0 Å². The van der Waals surface area contributed by atoms with Crippen LogP contribution in [0, 0.1) is 61.7 Å². The third-order valence-electron chi connectivity index (χ3n) is 15.0. The number of rotatable bonds is 19. The van der Waals surface area contributed by atoms with Crippen molar-refractivity contribution in [1.82, 2.24) is 20.6 Å². The Hall–Kier alpha value is -4.68. The van der Waals surface area contributed by atoms with E-state index in [1.807, 2.05) is 6.92 Å². The van der Waals surface area contributed by atoms with Crippen molar-refractivity contribution in [2.24, 2.45) is 35.5 Å². The molecule has 9 heteroatoms. The molecule has 0 aromatic carbocycles. The number of esters is 2. The number of carbonyl (C=O) groups excluding carboxylic acids is 2. The topological polar surface area (TPSA) is 128 Å². The number of hydrogen-bond donors (Lipinski definition) is 5. The molecule has 5 heterocycles. The number of methoxy groups -OCH3 is 1. The minimum Gasteiger partial charge on any atom is -0.466 e. The predicted molar refractivity (Wildman–Crippen MR) is 260 cm³/mol. The summed E-state index contributed by atoms with van der Waals surface area (Å²) in [5.41, 5.74) is 10.6. The van der Waals surface area contributed by atoms with Gasteiger partial charge in [-0.3, -0.25) is 4.79 Å². The van der Waals surface area contributed by atoms with E-state index in [9.17, 15) is 14.7 Å². The molecule has 1 saturated heterocycles. The molecule has 2 aromatic rings. The van der Waals surface area contributed by atoms with Gasteiger partial charge in [0.15, 0.2) is 0 Å². The van der Waals surface area contributed by atoms with Crippen molar-refractivity contribution in [3.63, 3.8) is 0 Å². The average Bonchev–Trinajstić information content (AvgIpc) is 3.99. The molecule has 2 unspecified atom stereocenters. The highest BCUT2D eigenvalue weighted by Gasteiger charge is 2.47. The molecule has 0 saturated carbocycles. The number of nitrogens with one attached hydrogen (secondary N) is 4. The Bertz CT molecular complexity index is 2330. The van der Waals surface area contributed by atoms with Gasteiger partial charge in [0, 0.05) is 51.3 Å². The van der Waals surface area contributed by atoms with E-state index < -0.39 is 18.1 Å². The first-order valence-electron chi connectivity index (χ1n) is 24.4. The second-order valence-electron chi connectivity index (χ2n) is 20.1. The summed E-state index contributed by atoms with van der Waals surface area (Å²) in [6.07, 6.45) is 26.5. The second kappa shape index (κ2) is 21.5. The van der Waals surface area contributed by atoms with Gasteiger partial charge < -0.3 is 35.2 Å². The first-order valence-corrected chi connectivity index (χ1v) is 24.4. The number of hydrogen-bond acceptors (Lipinski definition) is 7. The highest BCUT2D eigenvalue weighted by atomic mass is 16.5. The minimum atomic E-state index is -1.18. The molecule has 5 N–H and O–H groups in total. The number of aromatic nitrogens is 2. The van der Waals surface area contributed by atoms with Crippen molar-refractivity contribution in [3.05, 3.63) is 84.6 Å². The summed E-state index contributed by atoms with van der Waals surface area (Å²) in [5.74, 6) is 4.25. The SMILES string of the molecule is C#C[C@H]1C(C)=C2/C=C3\NC(C4=C(C(=O)OC)[C@@H](O)c5c4[nH]c(c5C)/C=c4\[nH]/c(c(C)c4CC)=C\C1N2)[C@@H](CCC(=O)OC/C=C(\C)CCC[C@@H](C)CCC[C@H](C)CCCC(C)C)[C@@H]3C. The number of aromatic amines is 2. The maximum Gasteiger partial charge on any atom is 0.337 e. The molecule has 348 valence electrons. The van der Waals surface area contributed by atoms with Crippen LogP contribution in [0.25, 0.3) is 17.7 Å². The number of carbonyl (C=O) groups is 2. The molecule has 1 aliphatic carbocycles. The molecule has 6 rings (SSSR count). The van der Waals surface area contributed by atoms with Crippen molar-refractivity contribution in [3.8, 4) is 12.3 Å². The zero-order chi connectivity index (χ0) is 46.4. The van der Waals surface area contributed by atoms with E-state index in [4.69, 9.17) is 15.9 Å². The predicted octanol–water partition coefficient (Wildman–Crippen LogP) is 9.43. The zero-order valence-electron chi connectivity index (χ0n) is 40.9. The lowest BCUT2D eigenvalue weighted by Gasteiger charge is -2.24. The molecule has 9 nitrogen and oxygen atoms in total. The Kier molecular flexibility index (Phi) is 16.4. The van der Waals surface area contributed by atoms with Crippen molar-refractivity contribution in [2.75, 3.05) is 13.7 Å². The molecule has 0 amide bonds. The fourth-order valence-corrected chi connectivity index (χ4v) is 10.9. The summed E-state index contributed by atoms with van der Waals surface area (Å²) in [6, 6.07) is -0.535. The molecule has 8 bridgehead atoms. The third-order valence-corrected chi connectivity index (χ3v) is 15.0. The molecule has 4 aliphatic rings. The van der Waals surface area contributed by atoms with E-state index in [1.54, 1.807) is 0 Å². The lowest BCUT2D eigenvalue weighted by Crippen LogP contribution is -2.31. The fourth-order valence-electron chi connectivity index (χ4n) is 10.9. The van der Waals surface area contributed by atoms with Gasteiger partial charge in [0.05, 0.1) is 36.4 Å².